The monoisotopic (exact) mass is 470 g/mol. The lowest BCUT2D eigenvalue weighted by atomic mass is 10.1. The third-order valence-electron chi connectivity index (χ3n) is 5.45. The lowest BCUT2D eigenvalue weighted by molar-refractivity contribution is 0.0951. The Bertz CT molecular complexity index is 1370. The summed E-state index contributed by atoms with van der Waals surface area (Å²) in [6.07, 6.45) is 0. The van der Waals surface area contributed by atoms with Crippen molar-refractivity contribution >= 4 is 21.6 Å². The molecule has 0 aromatic heterocycles. The van der Waals surface area contributed by atoms with E-state index < -0.39 is 10.0 Å². The third kappa shape index (κ3) is 5.35. The third-order valence-corrected chi connectivity index (χ3v) is 7.23. The van der Waals surface area contributed by atoms with E-state index in [1.807, 2.05) is 61.5 Å². The van der Waals surface area contributed by atoms with Crippen molar-refractivity contribution in [3.05, 3.63) is 131 Å². The van der Waals surface area contributed by atoms with Gasteiger partial charge in [-0.15, -0.1) is 0 Å². The van der Waals surface area contributed by atoms with E-state index in [2.05, 4.69) is 5.32 Å². The van der Waals surface area contributed by atoms with Crippen LogP contribution in [-0.4, -0.2) is 14.3 Å². The molecule has 0 aliphatic heterocycles. The first-order chi connectivity index (χ1) is 16.4. The normalized spacial score (nSPS) is 11.1. The van der Waals surface area contributed by atoms with Gasteiger partial charge in [-0.05, 0) is 42.3 Å². The number of anilines is 1. The van der Waals surface area contributed by atoms with E-state index in [0.29, 0.717) is 17.8 Å². The van der Waals surface area contributed by atoms with E-state index in [1.54, 1.807) is 54.6 Å². The number of rotatable bonds is 8. The highest BCUT2D eigenvalue weighted by Crippen LogP contribution is 2.29. The molecule has 0 atom stereocenters. The number of carbonyl (C=O) groups excluding carboxylic acids is 1. The van der Waals surface area contributed by atoms with Crippen LogP contribution in [0, 0.1) is 6.92 Å². The summed E-state index contributed by atoms with van der Waals surface area (Å²) in [5, 5.41) is 2.93. The number of nitrogens with zero attached hydrogens (tertiary/aromatic N) is 1. The number of hydrogen-bond donors (Lipinski definition) is 1. The number of nitrogens with one attached hydrogen (secondary N) is 1. The molecule has 4 aromatic rings. The van der Waals surface area contributed by atoms with Crippen molar-refractivity contribution in [2.24, 2.45) is 0 Å². The summed E-state index contributed by atoms with van der Waals surface area (Å²) < 4.78 is 28.8. The van der Waals surface area contributed by atoms with E-state index in [9.17, 15) is 13.2 Å². The maximum absolute atomic E-state index is 13.7. The number of benzene rings is 4. The number of carbonyl (C=O) groups is 1. The smallest absolute Gasteiger partial charge is 0.264 e. The summed E-state index contributed by atoms with van der Waals surface area (Å²) in [6.45, 7) is 2.44. The highest BCUT2D eigenvalue weighted by Gasteiger charge is 2.28. The van der Waals surface area contributed by atoms with Gasteiger partial charge in [-0.1, -0.05) is 90.5 Å². The minimum absolute atomic E-state index is 0.0975. The fraction of sp³-hybridized carbons (Fsp3) is 0.107. The molecule has 4 aromatic carbocycles. The molecule has 0 fully saturated rings. The van der Waals surface area contributed by atoms with Crippen LogP contribution in [0.2, 0.25) is 0 Å². The molecule has 4 rings (SSSR count). The van der Waals surface area contributed by atoms with Gasteiger partial charge >= 0.3 is 0 Å². The van der Waals surface area contributed by atoms with Gasteiger partial charge in [0.1, 0.15) is 0 Å². The molecule has 0 aliphatic rings. The van der Waals surface area contributed by atoms with Crippen molar-refractivity contribution in [2.75, 3.05) is 4.31 Å². The lowest BCUT2D eigenvalue weighted by Crippen LogP contribution is -2.33. The van der Waals surface area contributed by atoms with Crippen LogP contribution >= 0.6 is 0 Å². The zero-order valence-electron chi connectivity index (χ0n) is 18.9. The molecule has 0 saturated heterocycles. The van der Waals surface area contributed by atoms with E-state index in [-0.39, 0.29) is 17.3 Å². The van der Waals surface area contributed by atoms with E-state index >= 15 is 0 Å². The molecule has 6 heteroatoms. The minimum atomic E-state index is -3.93. The maximum Gasteiger partial charge on any atom is 0.264 e. The second kappa shape index (κ2) is 10.4. The Morgan fingerprint density at radius 1 is 0.765 bits per heavy atom. The van der Waals surface area contributed by atoms with Crippen molar-refractivity contribution in [2.45, 2.75) is 24.9 Å². The van der Waals surface area contributed by atoms with Crippen molar-refractivity contribution in [3.8, 4) is 0 Å². The molecule has 0 saturated carbocycles. The second-order valence-electron chi connectivity index (χ2n) is 8.00. The van der Waals surface area contributed by atoms with Crippen LogP contribution in [-0.2, 0) is 23.1 Å². The van der Waals surface area contributed by atoms with Crippen molar-refractivity contribution in [1.82, 2.24) is 5.32 Å². The molecular weight excluding hydrogens is 444 g/mol. The Balaban J connectivity index is 1.71. The van der Waals surface area contributed by atoms with E-state index in [4.69, 9.17) is 0 Å². The van der Waals surface area contributed by atoms with Gasteiger partial charge < -0.3 is 5.32 Å². The molecule has 0 unspecified atom stereocenters. The van der Waals surface area contributed by atoms with Crippen LogP contribution < -0.4 is 9.62 Å². The highest BCUT2D eigenvalue weighted by atomic mass is 32.2. The van der Waals surface area contributed by atoms with Crippen LogP contribution in [0.5, 0.6) is 0 Å². The van der Waals surface area contributed by atoms with Crippen LogP contribution in [0.25, 0.3) is 0 Å². The first kappa shape index (κ1) is 23.3. The first-order valence-corrected chi connectivity index (χ1v) is 12.4. The highest BCUT2D eigenvalue weighted by molar-refractivity contribution is 7.92. The summed E-state index contributed by atoms with van der Waals surface area (Å²) in [5.74, 6) is -0.335. The fourth-order valence-corrected chi connectivity index (χ4v) is 5.24. The predicted octanol–water partition coefficient (Wildman–Crippen LogP) is 5.32. The average Bonchev–Trinajstić information content (AvgIpc) is 2.87. The average molecular weight is 471 g/mol. The van der Waals surface area contributed by atoms with Gasteiger partial charge in [-0.25, -0.2) is 8.42 Å². The van der Waals surface area contributed by atoms with Crippen LogP contribution in [0.4, 0.5) is 5.69 Å². The molecule has 0 bridgehead atoms. The lowest BCUT2D eigenvalue weighted by Gasteiger charge is -2.26. The van der Waals surface area contributed by atoms with Gasteiger partial charge in [0, 0.05) is 6.54 Å². The number of aryl methyl sites for hydroxylation is 1. The number of sulfonamides is 1. The SMILES string of the molecule is Cc1cccc(CNC(=O)c2ccccc2N(Cc2ccccc2)S(=O)(=O)c2ccccc2)c1. The van der Waals surface area contributed by atoms with Gasteiger partial charge in [-0.3, -0.25) is 9.10 Å². The molecule has 34 heavy (non-hydrogen) atoms. The predicted molar refractivity (Wildman–Crippen MR) is 135 cm³/mol. The Morgan fingerprint density at radius 2 is 1.38 bits per heavy atom. The van der Waals surface area contributed by atoms with Gasteiger partial charge in [0.2, 0.25) is 0 Å². The first-order valence-electron chi connectivity index (χ1n) is 11.0. The van der Waals surface area contributed by atoms with Crippen molar-refractivity contribution in [1.29, 1.82) is 0 Å². The largest absolute Gasteiger partial charge is 0.348 e. The van der Waals surface area contributed by atoms with E-state index in [1.165, 1.54) is 4.31 Å². The number of amides is 1. The summed E-state index contributed by atoms with van der Waals surface area (Å²) in [6, 6.07) is 32.3. The summed E-state index contributed by atoms with van der Waals surface area (Å²) >= 11 is 0. The molecule has 0 spiro atoms. The van der Waals surface area contributed by atoms with Crippen LogP contribution in [0.15, 0.2) is 114 Å². The fourth-order valence-electron chi connectivity index (χ4n) is 3.75. The van der Waals surface area contributed by atoms with Crippen molar-refractivity contribution in [3.63, 3.8) is 0 Å². The molecule has 0 aliphatic carbocycles. The summed E-state index contributed by atoms with van der Waals surface area (Å²) in [7, 11) is -3.93. The van der Waals surface area contributed by atoms with Crippen LogP contribution in [0.3, 0.4) is 0 Å². The molecule has 172 valence electrons. The van der Waals surface area contributed by atoms with Crippen LogP contribution in [0.1, 0.15) is 27.0 Å². The quantitative estimate of drug-likeness (QED) is 0.379. The topological polar surface area (TPSA) is 66.5 Å². The Labute approximate surface area is 200 Å². The summed E-state index contributed by atoms with van der Waals surface area (Å²) in [4.78, 5) is 13.4. The molecule has 5 nitrogen and oxygen atoms in total. The zero-order valence-corrected chi connectivity index (χ0v) is 19.7. The minimum Gasteiger partial charge on any atom is -0.348 e. The Hall–Kier alpha value is -3.90. The maximum atomic E-state index is 13.7. The van der Waals surface area contributed by atoms with E-state index in [0.717, 1.165) is 16.7 Å². The number of hydrogen-bond acceptors (Lipinski definition) is 3. The molecule has 0 heterocycles. The van der Waals surface area contributed by atoms with Gasteiger partial charge in [0.25, 0.3) is 15.9 Å². The Morgan fingerprint density at radius 3 is 2.09 bits per heavy atom. The Kier molecular flexibility index (Phi) is 7.09. The summed E-state index contributed by atoms with van der Waals surface area (Å²) in [5.41, 5.74) is 3.53. The standard InChI is InChI=1S/C28H26N2O3S/c1-22-11-10-14-24(19-22)20-29-28(31)26-17-8-9-18-27(26)30(21-23-12-4-2-5-13-23)34(32,33)25-15-6-3-7-16-25/h2-19H,20-21H2,1H3,(H,29,31). The molecule has 1 amide bonds. The molecule has 0 radical (unpaired) electrons. The zero-order chi connectivity index (χ0) is 24.0. The van der Waals surface area contributed by atoms with Gasteiger partial charge in [0.15, 0.2) is 0 Å². The van der Waals surface area contributed by atoms with Crippen molar-refractivity contribution < 1.29 is 13.2 Å². The van der Waals surface area contributed by atoms with Gasteiger partial charge in [0.05, 0.1) is 22.7 Å². The number of para-hydroxylation sites is 1. The van der Waals surface area contributed by atoms with Gasteiger partial charge in [-0.2, -0.15) is 0 Å². The molecular formula is C28H26N2O3S. The molecule has 1 N–H and O–H groups in total. The second-order valence-corrected chi connectivity index (χ2v) is 9.86.